The molecule has 0 N–H and O–H groups in total. The number of fused-ring (bicyclic) bond motifs is 10. The summed E-state index contributed by atoms with van der Waals surface area (Å²) in [5.74, 6) is 1.90. The third-order valence-corrected chi connectivity index (χ3v) is 10.1. The lowest BCUT2D eigenvalue weighted by Gasteiger charge is -2.11. The molecule has 46 heavy (non-hydrogen) atoms. The number of benzene rings is 7. The molecule has 0 unspecified atom stereocenters. The van der Waals surface area contributed by atoms with E-state index in [2.05, 4.69) is 109 Å². The van der Waals surface area contributed by atoms with Crippen molar-refractivity contribution in [2.75, 3.05) is 0 Å². The number of nitrogens with zero attached hydrogens (tertiary/aromatic N) is 3. The van der Waals surface area contributed by atoms with Gasteiger partial charge in [-0.15, -0.1) is 11.3 Å². The first kappa shape index (κ1) is 25.4. The fourth-order valence-electron chi connectivity index (χ4n) is 6.81. The average molecular weight is 606 g/mol. The summed E-state index contributed by atoms with van der Waals surface area (Å²) in [4.78, 5) is 15.5. The Morgan fingerprint density at radius 3 is 1.96 bits per heavy atom. The third kappa shape index (κ3) is 3.76. The molecule has 0 aliphatic heterocycles. The van der Waals surface area contributed by atoms with E-state index in [0.29, 0.717) is 17.5 Å². The number of hydrogen-bond acceptors (Lipinski definition) is 5. The molecular weight excluding hydrogens is 583 g/mol. The molecule has 4 nitrogen and oxygen atoms in total. The predicted octanol–water partition coefficient (Wildman–Crippen LogP) is 11.4. The number of rotatable bonds is 3. The summed E-state index contributed by atoms with van der Waals surface area (Å²) in [6.45, 7) is 0. The minimum absolute atomic E-state index is 0.615. The van der Waals surface area contributed by atoms with Crippen LogP contribution in [0.2, 0.25) is 0 Å². The lowest BCUT2D eigenvalue weighted by Crippen LogP contribution is -2.00. The molecule has 5 heteroatoms. The molecule has 0 spiro atoms. The molecular formula is C41H23N3OS. The average Bonchev–Trinajstić information content (AvgIpc) is 3.71. The Morgan fingerprint density at radius 2 is 1.09 bits per heavy atom. The zero-order valence-electron chi connectivity index (χ0n) is 24.4. The fourth-order valence-corrected chi connectivity index (χ4v) is 8.08. The summed E-state index contributed by atoms with van der Waals surface area (Å²) in [5, 5.41) is 9.13. The monoisotopic (exact) mass is 605 g/mol. The molecule has 10 aromatic rings. The van der Waals surface area contributed by atoms with Crippen LogP contribution in [0.3, 0.4) is 0 Å². The van der Waals surface area contributed by atoms with Gasteiger partial charge < -0.3 is 4.42 Å². The van der Waals surface area contributed by atoms with Crippen molar-refractivity contribution in [2.24, 2.45) is 0 Å². The highest BCUT2D eigenvalue weighted by Crippen LogP contribution is 2.43. The van der Waals surface area contributed by atoms with Crippen LogP contribution in [0.25, 0.3) is 97.8 Å². The fraction of sp³-hybridized carbons (Fsp3) is 0. The summed E-state index contributed by atoms with van der Waals surface area (Å²) >= 11 is 1.82. The van der Waals surface area contributed by atoms with E-state index in [0.717, 1.165) is 49.4 Å². The maximum Gasteiger partial charge on any atom is 0.164 e. The maximum atomic E-state index is 6.52. The summed E-state index contributed by atoms with van der Waals surface area (Å²) in [7, 11) is 0. The molecule has 0 radical (unpaired) electrons. The van der Waals surface area contributed by atoms with Crippen molar-refractivity contribution >= 4 is 75.0 Å². The van der Waals surface area contributed by atoms with Gasteiger partial charge in [0.05, 0.1) is 0 Å². The van der Waals surface area contributed by atoms with Gasteiger partial charge in [0.2, 0.25) is 0 Å². The Bertz CT molecular complexity index is 2820. The Morgan fingerprint density at radius 1 is 0.435 bits per heavy atom. The molecule has 0 saturated heterocycles. The molecule has 0 bridgehead atoms. The second kappa shape index (κ2) is 9.80. The zero-order chi connectivity index (χ0) is 30.2. The van der Waals surface area contributed by atoms with E-state index in [9.17, 15) is 0 Å². The van der Waals surface area contributed by atoms with E-state index in [1.165, 1.54) is 30.9 Å². The van der Waals surface area contributed by atoms with Crippen LogP contribution >= 0.6 is 11.3 Å². The molecule has 0 aliphatic carbocycles. The van der Waals surface area contributed by atoms with E-state index in [1.807, 2.05) is 41.7 Å². The van der Waals surface area contributed by atoms with Crippen LogP contribution in [-0.4, -0.2) is 15.0 Å². The second-order valence-corrected chi connectivity index (χ2v) is 12.6. The lowest BCUT2D eigenvalue weighted by molar-refractivity contribution is 0.672. The van der Waals surface area contributed by atoms with Crippen LogP contribution in [-0.2, 0) is 0 Å². The van der Waals surface area contributed by atoms with Crippen LogP contribution < -0.4 is 0 Å². The minimum Gasteiger partial charge on any atom is -0.455 e. The Hall–Kier alpha value is -5.91. The van der Waals surface area contributed by atoms with E-state index in [4.69, 9.17) is 19.4 Å². The van der Waals surface area contributed by atoms with Crippen LogP contribution in [0.5, 0.6) is 0 Å². The molecule has 214 valence electrons. The quantitative estimate of drug-likeness (QED) is 0.201. The molecule has 0 atom stereocenters. The molecule has 0 fully saturated rings. The Balaban J connectivity index is 1.29. The van der Waals surface area contributed by atoms with Gasteiger partial charge in [-0.05, 0) is 34.4 Å². The molecule has 3 aromatic heterocycles. The number of furan rings is 1. The van der Waals surface area contributed by atoms with Crippen molar-refractivity contribution in [1.29, 1.82) is 0 Å². The van der Waals surface area contributed by atoms with Crippen LogP contribution in [0, 0.1) is 0 Å². The standard InChI is InChI=1S/C41H23N3OS/c1-2-11-26(12-3-1)39-42-40(31-16-8-13-25-21-22-29-28-15-6-7-18-33(28)45-37(29)35(25)31)44-41(43-39)32-17-9-19-34-36(32)30-23-20-24-10-4-5-14-27(24)38(30)46-34/h1-23H. The van der Waals surface area contributed by atoms with Crippen LogP contribution in [0.4, 0.5) is 0 Å². The van der Waals surface area contributed by atoms with Gasteiger partial charge in [-0.3, -0.25) is 0 Å². The van der Waals surface area contributed by atoms with Crippen molar-refractivity contribution in [3.05, 3.63) is 140 Å². The van der Waals surface area contributed by atoms with Gasteiger partial charge in [0.15, 0.2) is 17.5 Å². The summed E-state index contributed by atoms with van der Waals surface area (Å²) < 4.78 is 9.01. The van der Waals surface area contributed by atoms with Crippen molar-refractivity contribution < 1.29 is 4.42 Å². The maximum absolute atomic E-state index is 6.52. The largest absolute Gasteiger partial charge is 0.455 e. The highest BCUT2D eigenvalue weighted by Gasteiger charge is 2.20. The summed E-state index contributed by atoms with van der Waals surface area (Å²) in [5.41, 5.74) is 4.56. The van der Waals surface area contributed by atoms with Crippen LogP contribution in [0.15, 0.2) is 144 Å². The van der Waals surface area contributed by atoms with Crippen molar-refractivity contribution in [3.8, 4) is 34.2 Å². The van der Waals surface area contributed by atoms with E-state index >= 15 is 0 Å². The number of aromatic nitrogens is 3. The Kier molecular flexibility index (Phi) is 5.41. The highest BCUT2D eigenvalue weighted by molar-refractivity contribution is 7.26. The van der Waals surface area contributed by atoms with Gasteiger partial charge in [-0.1, -0.05) is 121 Å². The number of para-hydroxylation sites is 1. The molecule has 7 aromatic carbocycles. The number of thiophene rings is 1. The van der Waals surface area contributed by atoms with Crippen molar-refractivity contribution in [1.82, 2.24) is 15.0 Å². The Labute approximate surface area is 267 Å². The van der Waals surface area contributed by atoms with Gasteiger partial charge in [-0.25, -0.2) is 15.0 Å². The summed E-state index contributed by atoms with van der Waals surface area (Å²) in [6.07, 6.45) is 0. The minimum atomic E-state index is 0.615. The van der Waals surface area contributed by atoms with E-state index in [1.54, 1.807) is 0 Å². The van der Waals surface area contributed by atoms with Gasteiger partial charge in [0.1, 0.15) is 11.2 Å². The topological polar surface area (TPSA) is 51.8 Å². The predicted molar refractivity (Wildman–Crippen MR) is 191 cm³/mol. The number of hydrogen-bond donors (Lipinski definition) is 0. The molecule has 0 amide bonds. The highest BCUT2D eigenvalue weighted by atomic mass is 32.1. The SMILES string of the molecule is c1ccc(-c2nc(-c3cccc4sc5c6ccccc6ccc5c34)nc(-c3cccc4ccc5c6ccccc6oc5c34)n2)cc1. The van der Waals surface area contributed by atoms with Gasteiger partial charge in [0.25, 0.3) is 0 Å². The zero-order valence-corrected chi connectivity index (χ0v) is 25.3. The molecule has 10 rings (SSSR count). The van der Waals surface area contributed by atoms with Gasteiger partial charge in [0, 0.05) is 53.0 Å². The first-order valence-electron chi connectivity index (χ1n) is 15.3. The molecule has 3 heterocycles. The van der Waals surface area contributed by atoms with Crippen LogP contribution in [0.1, 0.15) is 0 Å². The van der Waals surface area contributed by atoms with Gasteiger partial charge in [-0.2, -0.15) is 0 Å². The summed E-state index contributed by atoms with van der Waals surface area (Å²) in [6, 6.07) is 48.4. The molecule has 0 saturated carbocycles. The van der Waals surface area contributed by atoms with Crippen molar-refractivity contribution in [2.45, 2.75) is 0 Å². The first-order valence-corrected chi connectivity index (χ1v) is 16.1. The van der Waals surface area contributed by atoms with Crippen molar-refractivity contribution in [3.63, 3.8) is 0 Å². The van der Waals surface area contributed by atoms with E-state index in [-0.39, 0.29) is 0 Å². The lowest BCUT2D eigenvalue weighted by atomic mass is 10.00. The normalized spacial score (nSPS) is 11.9. The van der Waals surface area contributed by atoms with E-state index < -0.39 is 0 Å². The smallest absolute Gasteiger partial charge is 0.164 e. The third-order valence-electron chi connectivity index (χ3n) is 8.92. The van der Waals surface area contributed by atoms with Gasteiger partial charge >= 0.3 is 0 Å². The molecule has 0 aliphatic rings. The second-order valence-electron chi connectivity index (χ2n) is 11.6. The first-order chi connectivity index (χ1) is 22.8.